The summed E-state index contributed by atoms with van der Waals surface area (Å²) in [5.74, 6) is -0.763. The molecule has 0 unspecified atom stereocenters. The molecule has 0 aliphatic carbocycles. The number of pyridine rings is 1. The van der Waals surface area contributed by atoms with Crippen molar-refractivity contribution in [1.82, 2.24) is 19.4 Å². The summed E-state index contributed by atoms with van der Waals surface area (Å²) in [6, 6.07) is 20.9. The number of anilines is 1. The standard InChI is InChI=1S/C35H36FN5O3/c1-21-10-11-25(34(43)39(5)6)17-28(21)32-15-13-30(38-33(42)23(3)37-4)35(44)41(32)20-24-8-7-9-27(16-24)40-19-22(2)29-18-26(36)12-14-31(29)40/h7-19,23,37H,20H2,1-6H3,(H,38,42)/t23-/m0/s1. The normalized spacial score (nSPS) is 11.9. The lowest BCUT2D eigenvalue weighted by Gasteiger charge is -2.19. The van der Waals surface area contributed by atoms with Crippen LogP contribution in [0.1, 0.15) is 34.0 Å². The van der Waals surface area contributed by atoms with Gasteiger partial charge in [0.25, 0.3) is 11.5 Å². The Morgan fingerprint density at radius 1 is 0.955 bits per heavy atom. The number of nitrogens with one attached hydrogen (secondary N) is 2. The molecule has 2 N–H and O–H groups in total. The van der Waals surface area contributed by atoms with Gasteiger partial charge in [0.1, 0.15) is 11.5 Å². The number of hydrogen-bond donors (Lipinski definition) is 2. The Hall–Kier alpha value is -5.02. The molecule has 2 amide bonds. The van der Waals surface area contributed by atoms with Crippen molar-refractivity contribution in [2.45, 2.75) is 33.4 Å². The number of benzene rings is 3. The van der Waals surface area contributed by atoms with Crippen molar-refractivity contribution >= 4 is 28.4 Å². The maximum atomic E-state index is 14.0. The van der Waals surface area contributed by atoms with Crippen LogP contribution >= 0.6 is 0 Å². The highest BCUT2D eigenvalue weighted by Crippen LogP contribution is 2.28. The van der Waals surface area contributed by atoms with Crippen molar-refractivity contribution in [2.75, 3.05) is 26.5 Å². The number of rotatable bonds is 8. The molecular formula is C35H36FN5O3. The Labute approximate surface area is 255 Å². The van der Waals surface area contributed by atoms with E-state index in [9.17, 15) is 18.8 Å². The fourth-order valence-electron chi connectivity index (χ4n) is 5.29. The molecule has 226 valence electrons. The Morgan fingerprint density at radius 2 is 1.73 bits per heavy atom. The first kappa shape index (κ1) is 30.4. The maximum Gasteiger partial charge on any atom is 0.275 e. The number of halogens is 1. The molecule has 1 atom stereocenters. The molecule has 2 aromatic heterocycles. The van der Waals surface area contributed by atoms with Crippen LogP contribution in [0, 0.1) is 19.7 Å². The molecule has 3 aromatic carbocycles. The number of fused-ring (bicyclic) bond motifs is 1. The smallest absolute Gasteiger partial charge is 0.275 e. The first-order valence-electron chi connectivity index (χ1n) is 14.4. The van der Waals surface area contributed by atoms with Gasteiger partial charge < -0.3 is 24.7 Å². The van der Waals surface area contributed by atoms with E-state index < -0.39 is 6.04 Å². The summed E-state index contributed by atoms with van der Waals surface area (Å²) in [4.78, 5) is 41.1. The van der Waals surface area contributed by atoms with Crippen LogP contribution in [0.25, 0.3) is 27.8 Å². The maximum absolute atomic E-state index is 14.0. The quantitative estimate of drug-likeness (QED) is 0.248. The minimum absolute atomic E-state index is 0.146. The van der Waals surface area contributed by atoms with Crippen molar-refractivity contribution in [2.24, 2.45) is 0 Å². The molecule has 0 aliphatic rings. The Morgan fingerprint density at radius 3 is 2.45 bits per heavy atom. The minimum atomic E-state index is -0.497. The summed E-state index contributed by atoms with van der Waals surface area (Å²) in [7, 11) is 5.07. The van der Waals surface area contributed by atoms with Gasteiger partial charge in [0.05, 0.1) is 23.8 Å². The number of hydrogen-bond acceptors (Lipinski definition) is 4. The molecule has 0 saturated heterocycles. The van der Waals surface area contributed by atoms with E-state index in [0.717, 1.165) is 38.8 Å². The highest BCUT2D eigenvalue weighted by molar-refractivity contribution is 5.96. The van der Waals surface area contributed by atoms with Gasteiger partial charge in [-0.15, -0.1) is 0 Å². The van der Waals surface area contributed by atoms with Gasteiger partial charge >= 0.3 is 0 Å². The molecule has 44 heavy (non-hydrogen) atoms. The Bertz CT molecular complexity index is 1960. The molecule has 0 bridgehead atoms. The number of aromatic nitrogens is 2. The second-order valence-corrected chi connectivity index (χ2v) is 11.3. The molecule has 0 aliphatic heterocycles. The van der Waals surface area contributed by atoms with E-state index in [4.69, 9.17) is 0 Å². The third-order valence-corrected chi connectivity index (χ3v) is 7.92. The number of carbonyl (C=O) groups excluding carboxylic acids is 2. The highest BCUT2D eigenvalue weighted by atomic mass is 19.1. The summed E-state index contributed by atoms with van der Waals surface area (Å²) < 4.78 is 17.6. The Kier molecular flexibility index (Phi) is 8.51. The lowest BCUT2D eigenvalue weighted by Crippen LogP contribution is -2.37. The molecule has 0 radical (unpaired) electrons. The summed E-state index contributed by atoms with van der Waals surface area (Å²) >= 11 is 0. The minimum Gasteiger partial charge on any atom is -0.345 e. The molecule has 5 rings (SSSR count). The number of nitrogens with zero attached hydrogens (tertiary/aromatic N) is 3. The SMILES string of the molecule is CN[C@@H](C)C(=O)Nc1ccc(-c2cc(C(=O)N(C)C)ccc2C)n(Cc2cccc(-n3cc(C)c4cc(F)ccc43)c2)c1=O. The van der Waals surface area contributed by atoms with Crippen molar-refractivity contribution in [3.63, 3.8) is 0 Å². The molecule has 0 fully saturated rings. The van der Waals surface area contributed by atoms with Crippen LogP contribution < -0.4 is 16.2 Å². The van der Waals surface area contributed by atoms with Gasteiger partial charge in [0.15, 0.2) is 0 Å². The summed E-state index contributed by atoms with van der Waals surface area (Å²) in [5.41, 5.74) is 6.07. The zero-order valence-electron chi connectivity index (χ0n) is 25.7. The number of likely N-dealkylation sites (N-methyl/N-ethyl adjacent to an activating group) is 1. The first-order valence-corrected chi connectivity index (χ1v) is 14.4. The van der Waals surface area contributed by atoms with E-state index in [2.05, 4.69) is 10.6 Å². The second kappa shape index (κ2) is 12.3. The van der Waals surface area contributed by atoms with Gasteiger partial charge in [-0.3, -0.25) is 14.4 Å². The number of amides is 2. The van der Waals surface area contributed by atoms with Gasteiger partial charge in [-0.2, -0.15) is 0 Å². The summed E-state index contributed by atoms with van der Waals surface area (Å²) in [6.07, 6.45) is 1.97. The highest BCUT2D eigenvalue weighted by Gasteiger charge is 2.19. The van der Waals surface area contributed by atoms with Gasteiger partial charge in [-0.25, -0.2) is 4.39 Å². The van der Waals surface area contributed by atoms with Crippen LogP contribution in [0.4, 0.5) is 10.1 Å². The zero-order chi connectivity index (χ0) is 31.7. The van der Waals surface area contributed by atoms with Crippen LogP contribution in [0.2, 0.25) is 0 Å². The van der Waals surface area contributed by atoms with E-state index in [1.165, 1.54) is 17.0 Å². The first-order chi connectivity index (χ1) is 21.0. The van der Waals surface area contributed by atoms with E-state index in [1.54, 1.807) is 63.0 Å². The van der Waals surface area contributed by atoms with Crippen molar-refractivity contribution in [3.05, 3.63) is 117 Å². The van der Waals surface area contributed by atoms with Gasteiger partial charge in [-0.1, -0.05) is 18.2 Å². The molecule has 5 aromatic rings. The molecule has 0 spiro atoms. The van der Waals surface area contributed by atoms with E-state index in [1.807, 2.05) is 54.9 Å². The van der Waals surface area contributed by atoms with Crippen LogP contribution in [0.3, 0.4) is 0 Å². The molecule has 8 nitrogen and oxygen atoms in total. The van der Waals surface area contributed by atoms with E-state index in [0.29, 0.717) is 11.3 Å². The molecule has 2 heterocycles. The van der Waals surface area contributed by atoms with Crippen LogP contribution in [-0.2, 0) is 11.3 Å². The second-order valence-electron chi connectivity index (χ2n) is 11.3. The fourth-order valence-corrected chi connectivity index (χ4v) is 5.29. The third kappa shape index (κ3) is 5.91. The predicted octanol–water partition coefficient (Wildman–Crippen LogP) is 5.51. The van der Waals surface area contributed by atoms with Crippen LogP contribution in [0.15, 0.2) is 83.8 Å². The van der Waals surface area contributed by atoms with Crippen molar-refractivity contribution in [1.29, 1.82) is 0 Å². The van der Waals surface area contributed by atoms with Crippen LogP contribution in [0.5, 0.6) is 0 Å². The van der Waals surface area contributed by atoms with Crippen molar-refractivity contribution in [3.8, 4) is 16.9 Å². The fraction of sp³-hybridized carbons (Fsp3) is 0.229. The van der Waals surface area contributed by atoms with E-state index >= 15 is 0 Å². The zero-order valence-corrected chi connectivity index (χ0v) is 25.7. The van der Waals surface area contributed by atoms with E-state index in [-0.39, 0.29) is 35.4 Å². The number of carbonyl (C=O) groups is 2. The topological polar surface area (TPSA) is 88.4 Å². The van der Waals surface area contributed by atoms with Crippen LogP contribution in [-0.4, -0.2) is 53.0 Å². The average Bonchev–Trinajstić information content (AvgIpc) is 3.34. The van der Waals surface area contributed by atoms with Gasteiger partial charge in [-0.05, 0) is 99.1 Å². The molecule has 9 heteroatoms. The third-order valence-electron chi connectivity index (χ3n) is 7.92. The largest absolute Gasteiger partial charge is 0.345 e. The predicted molar refractivity (Wildman–Crippen MR) is 173 cm³/mol. The Balaban J connectivity index is 1.64. The van der Waals surface area contributed by atoms with Gasteiger partial charge in [0, 0.05) is 42.5 Å². The average molecular weight is 594 g/mol. The lowest BCUT2D eigenvalue weighted by molar-refractivity contribution is -0.117. The molecular weight excluding hydrogens is 557 g/mol. The summed E-state index contributed by atoms with van der Waals surface area (Å²) in [6.45, 7) is 5.79. The van der Waals surface area contributed by atoms with Gasteiger partial charge in [0.2, 0.25) is 5.91 Å². The van der Waals surface area contributed by atoms with Crippen molar-refractivity contribution < 1.29 is 14.0 Å². The summed E-state index contributed by atoms with van der Waals surface area (Å²) in [5, 5.41) is 6.48. The number of aryl methyl sites for hydroxylation is 2. The monoisotopic (exact) mass is 593 g/mol. The lowest BCUT2D eigenvalue weighted by atomic mass is 10.00. The molecule has 0 saturated carbocycles.